The van der Waals surface area contributed by atoms with Crippen molar-refractivity contribution in [3.63, 3.8) is 0 Å². The number of aliphatic carboxylic acids is 1. The molecule has 0 aliphatic rings. The summed E-state index contributed by atoms with van der Waals surface area (Å²) in [6.45, 7) is 2.93. The van der Waals surface area contributed by atoms with Crippen LogP contribution in [0.3, 0.4) is 0 Å². The summed E-state index contributed by atoms with van der Waals surface area (Å²) in [6, 6.07) is 0. The van der Waals surface area contributed by atoms with E-state index in [0.29, 0.717) is 0 Å². The summed E-state index contributed by atoms with van der Waals surface area (Å²) in [5, 5.41) is 11.8. The summed E-state index contributed by atoms with van der Waals surface area (Å²) in [5.74, 6) is -0.703. The van der Waals surface area contributed by atoms with Gasteiger partial charge >= 0.3 is 5.97 Å². The van der Waals surface area contributed by atoms with E-state index in [-0.39, 0.29) is 6.42 Å². The number of carbonyl (C=O) groups is 1. The third-order valence-electron chi connectivity index (χ3n) is 2.57. The predicted molar refractivity (Wildman–Crippen MR) is 65.8 cm³/mol. The highest BCUT2D eigenvalue weighted by molar-refractivity contribution is 5.66. The lowest BCUT2D eigenvalue weighted by molar-refractivity contribution is -0.137. The lowest BCUT2D eigenvalue weighted by atomic mass is 10.2. The summed E-state index contributed by atoms with van der Waals surface area (Å²) in [6.07, 6.45) is 9.85. The Hall–Kier alpha value is -1.36. The van der Waals surface area contributed by atoms with E-state index in [1.54, 1.807) is 6.20 Å². The van der Waals surface area contributed by atoms with Gasteiger partial charge in [0.15, 0.2) is 0 Å². The molecule has 0 saturated heterocycles. The Morgan fingerprint density at radius 2 is 2.00 bits per heavy atom. The summed E-state index contributed by atoms with van der Waals surface area (Å²) >= 11 is 0. The standard InChI is InChI=1S/C12H21N3O2/c16-12(17)5-1-2-6-13-7-3-4-9-15-10-8-14-11-15/h8,10-11,13H,1-7,9H2,(H,16,17). The van der Waals surface area contributed by atoms with Crippen molar-refractivity contribution in [3.05, 3.63) is 18.7 Å². The van der Waals surface area contributed by atoms with Crippen LogP contribution in [0.4, 0.5) is 0 Å². The minimum atomic E-state index is -0.703. The molecule has 0 fully saturated rings. The van der Waals surface area contributed by atoms with E-state index < -0.39 is 5.97 Å². The molecule has 5 nitrogen and oxygen atoms in total. The normalized spacial score (nSPS) is 10.6. The van der Waals surface area contributed by atoms with Gasteiger partial charge in [-0.2, -0.15) is 0 Å². The van der Waals surface area contributed by atoms with Crippen molar-refractivity contribution in [1.82, 2.24) is 14.9 Å². The van der Waals surface area contributed by atoms with E-state index in [1.165, 1.54) is 0 Å². The number of nitrogens with zero attached hydrogens (tertiary/aromatic N) is 2. The molecule has 0 aromatic carbocycles. The van der Waals surface area contributed by atoms with Crippen molar-refractivity contribution in [2.75, 3.05) is 13.1 Å². The van der Waals surface area contributed by atoms with E-state index in [4.69, 9.17) is 5.11 Å². The first kappa shape index (κ1) is 13.7. The Morgan fingerprint density at radius 1 is 1.24 bits per heavy atom. The number of carboxylic acids is 1. The van der Waals surface area contributed by atoms with Gasteiger partial charge in [-0.05, 0) is 38.8 Å². The maximum atomic E-state index is 10.3. The van der Waals surface area contributed by atoms with Crippen molar-refractivity contribution in [3.8, 4) is 0 Å². The minimum Gasteiger partial charge on any atom is -0.481 e. The summed E-state index contributed by atoms with van der Waals surface area (Å²) in [4.78, 5) is 14.2. The predicted octanol–water partition coefficient (Wildman–Crippen LogP) is 1.51. The maximum Gasteiger partial charge on any atom is 0.303 e. The highest BCUT2D eigenvalue weighted by atomic mass is 16.4. The highest BCUT2D eigenvalue weighted by Gasteiger charge is 1.96. The molecule has 0 radical (unpaired) electrons. The second-order valence-electron chi connectivity index (χ2n) is 4.11. The molecule has 5 heteroatoms. The number of rotatable bonds is 10. The largest absolute Gasteiger partial charge is 0.481 e. The zero-order chi connectivity index (χ0) is 12.3. The quantitative estimate of drug-likeness (QED) is 0.607. The fraction of sp³-hybridized carbons (Fsp3) is 0.667. The third kappa shape index (κ3) is 7.52. The SMILES string of the molecule is O=C(O)CCCCNCCCCn1ccnc1. The molecule has 0 aliphatic carbocycles. The Labute approximate surface area is 102 Å². The van der Waals surface area contributed by atoms with Crippen LogP contribution in [0.5, 0.6) is 0 Å². The molecule has 2 N–H and O–H groups in total. The number of nitrogens with one attached hydrogen (secondary N) is 1. The maximum absolute atomic E-state index is 10.3. The first-order valence-corrected chi connectivity index (χ1v) is 6.17. The van der Waals surface area contributed by atoms with Crippen LogP contribution >= 0.6 is 0 Å². The van der Waals surface area contributed by atoms with Crippen molar-refractivity contribution in [2.45, 2.75) is 38.6 Å². The Bertz CT molecular complexity index is 299. The molecule has 0 amide bonds. The Kier molecular flexibility index (Phi) is 7.06. The van der Waals surface area contributed by atoms with Crippen molar-refractivity contribution in [1.29, 1.82) is 0 Å². The van der Waals surface area contributed by atoms with Gasteiger partial charge in [-0.3, -0.25) is 4.79 Å². The molecule has 1 rings (SSSR count). The van der Waals surface area contributed by atoms with E-state index in [0.717, 1.165) is 45.3 Å². The van der Waals surface area contributed by atoms with Crippen LogP contribution in [0.2, 0.25) is 0 Å². The Morgan fingerprint density at radius 3 is 2.65 bits per heavy atom. The van der Waals surface area contributed by atoms with Gasteiger partial charge in [0.2, 0.25) is 0 Å². The second kappa shape index (κ2) is 8.75. The molecule has 0 spiro atoms. The van der Waals surface area contributed by atoms with Gasteiger partial charge < -0.3 is 15.0 Å². The van der Waals surface area contributed by atoms with E-state index in [2.05, 4.69) is 14.9 Å². The van der Waals surface area contributed by atoms with Crippen molar-refractivity contribution in [2.24, 2.45) is 0 Å². The van der Waals surface area contributed by atoms with Crippen LogP contribution < -0.4 is 5.32 Å². The first-order valence-electron chi connectivity index (χ1n) is 6.17. The van der Waals surface area contributed by atoms with E-state index in [1.807, 2.05) is 12.5 Å². The van der Waals surface area contributed by atoms with Crippen molar-refractivity contribution < 1.29 is 9.90 Å². The zero-order valence-electron chi connectivity index (χ0n) is 10.1. The first-order chi connectivity index (χ1) is 8.29. The molecule has 96 valence electrons. The topological polar surface area (TPSA) is 67.2 Å². The molecule has 0 atom stereocenters. The summed E-state index contributed by atoms with van der Waals surface area (Å²) in [5.41, 5.74) is 0. The molecular formula is C12H21N3O2. The molecule has 1 aromatic heterocycles. The van der Waals surface area contributed by atoms with E-state index >= 15 is 0 Å². The van der Waals surface area contributed by atoms with E-state index in [9.17, 15) is 4.79 Å². The Balaban J connectivity index is 1.80. The smallest absolute Gasteiger partial charge is 0.303 e. The fourth-order valence-electron chi connectivity index (χ4n) is 1.61. The fourth-order valence-corrected chi connectivity index (χ4v) is 1.61. The molecule has 1 heterocycles. The van der Waals surface area contributed by atoms with Crippen LogP contribution in [0.15, 0.2) is 18.7 Å². The van der Waals surface area contributed by atoms with Crippen LogP contribution in [-0.2, 0) is 11.3 Å². The highest BCUT2D eigenvalue weighted by Crippen LogP contribution is 1.95. The number of carboxylic acid groups (broad SMARTS) is 1. The molecule has 1 aromatic rings. The zero-order valence-corrected chi connectivity index (χ0v) is 10.1. The molecule has 0 unspecified atom stereocenters. The van der Waals surface area contributed by atoms with Gasteiger partial charge in [-0.25, -0.2) is 4.98 Å². The lowest BCUT2D eigenvalue weighted by Crippen LogP contribution is -2.17. The van der Waals surface area contributed by atoms with Crippen LogP contribution in [0.25, 0.3) is 0 Å². The average molecular weight is 239 g/mol. The number of hydrogen-bond acceptors (Lipinski definition) is 3. The molecular weight excluding hydrogens is 218 g/mol. The van der Waals surface area contributed by atoms with Gasteiger partial charge in [0.1, 0.15) is 0 Å². The van der Waals surface area contributed by atoms with Gasteiger partial charge in [-0.15, -0.1) is 0 Å². The molecule has 0 saturated carbocycles. The van der Waals surface area contributed by atoms with Crippen LogP contribution in [0, 0.1) is 0 Å². The second-order valence-corrected chi connectivity index (χ2v) is 4.11. The lowest BCUT2D eigenvalue weighted by Gasteiger charge is -2.04. The van der Waals surface area contributed by atoms with Gasteiger partial charge in [-0.1, -0.05) is 0 Å². The number of unbranched alkanes of at least 4 members (excludes halogenated alkanes) is 2. The van der Waals surface area contributed by atoms with Gasteiger partial charge in [0.05, 0.1) is 6.33 Å². The van der Waals surface area contributed by atoms with Gasteiger partial charge in [0, 0.05) is 25.4 Å². The number of aryl methyl sites for hydroxylation is 1. The summed E-state index contributed by atoms with van der Waals surface area (Å²) in [7, 11) is 0. The average Bonchev–Trinajstić information content (AvgIpc) is 2.79. The molecule has 0 aliphatic heterocycles. The van der Waals surface area contributed by atoms with Crippen LogP contribution in [0.1, 0.15) is 32.1 Å². The van der Waals surface area contributed by atoms with Crippen LogP contribution in [-0.4, -0.2) is 33.7 Å². The number of hydrogen-bond donors (Lipinski definition) is 2. The molecule has 17 heavy (non-hydrogen) atoms. The number of aromatic nitrogens is 2. The monoisotopic (exact) mass is 239 g/mol. The molecule has 0 bridgehead atoms. The number of imidazole rings is 1. The minimum absolute atomic E-state index is 0.280. The van der Waals surface area contributed by atoms with Crippen molar-refractivity contribution >= 4 is 5.97 Å². The third-order valence-corrected chi connectivity index (χ3v) is 2.57. The van der Waals surface area contributed by atoms with Gasteiger partial charge in [0.25, 0.3) is 0 Å². The summed E-state index contributed by atoms with van der Waals surface area (Å²) < 4.78 is 2.08.